The molecule has 1 saturated carbocycles. The quantitative estimate of drug-likeness (QED) is 0.836. The van der Waals surface area contributed by atoms with Crippen LogP contribution in [0, 0.1) is 0 Å². The highest BCUT2D eigenvalue weighted by Gasteiger charge is 2.47. The molecule has 3 heterocycles. The SMILES string of the molecule is Nc1cc(C2CC(OC(=O)N3[C@@H]4COC[C@@H]3C4)C2)[nH]n1. The molecule has 0 radical (unpaired) electrons. The molecule has 20 heavy (non-hydrogen) atoms. The molecule has 1 aliphatic carbocycles. The molecular weight excluding hydrogens is 260 g/mol. The Morgan fingerprint density at radius 2 is 2.15 bits per heavy atom. The lowest BCUT2D eigenvalue weighted by atomic mass is 9.80. The number of nitrogens with zero attached hydrogens (tertiary/aromatic N) is 2. The zero-order valence-electron chi connectivity index (χ0n) is 11.1. The number of morpholine rings is 1. The maximum atomic E-state index is 12.1. The number of nitrogen functional groups attached to an aromatic ring is 1. The zero-order valence-corrected chi connectivity index (χ0v) is 11.1. The van der Waals surface area contributed by atoms with Crippen LogP contribution in [0.5, 0.6) is 0 Å². The Balaban J connectivity index is 1.28. The van der Waals surface area contributed by atoms with Gasteiger partial charge in [0.2, 0.25) is 0 Å². The van der Waals surface area contributed by atoms with Gasteiger partial charge in [-0.3, -0.25) is 10.00 Å². The highest BCUT2D eigenvalue weighted by atomic mass is 16.6. The molecule has 1 amide bonds. The van der Waals surface area contributed by atoms with Crippen molar-refractivity contribution in [2.75, 3.05) is 18.9 Å². The van der Waals surface area contributed by atoms with Crippen LogP contribution in [0.4, 0.5) is 10.6 Å². The summed E-state index contributed by atoms with van der Waals surface area (Å²) < 4.78 is 10.9. The van der Waals surface area contributed by atoms with Crippen LogP contribution >= 0.6 is 0 Å². The minimum atomic E-state index is -0.179. The predicted molar refractivity (Wildman–Crippen MR) is 70.1 cm³/mol. The minimum Gasteiger partial charge on any atom is -0.446 e. The molecule has 7 heteroatoms. The molecule has 0 spiro atoms. The first-order valence-electron chi connectivity index (χ1n) is 7.08. The molecule has 1 aromatic rings. The van der Waals surface area contributed by atoms with Gasteiger partial charge in [0.25, 0.3) is 0 Å². The van der Waals surface area contributed by atoms with Gasteiger partial charge in [0.1, 0.15) is 11.9 Å². The Morgan fingerprint density at radius 1 is 1.40 bits per heavy atom. The first kappa shape index (κ1) is 12.0. The molecule has 0 unspecified atom stereocenters. The summed E-state index contributed by atoms with van der Waals surface area (Å²) in [4.78, 5) is 13.9. The summed E-state index contributed by atoms with van der Waals surface area (Å²) in [5.74, 6) is 0.880. The van der Waals surface area contributed by atoms with Crippen LogP contribution in [0.2, 0.25) is 0 Å². The van der Waals surface area contributed by atoms with Crippen molar-refractivity contribution in [3.63, 3.8) is 0 Å². The van der Waals surface area contributed by atoms with Crippen LogP contribution in [0.1, 0.15) is 30.9 Å². The van der Waals surface area contributed by atoms with E-state index in [0.29, 0.717) is 24.9 Å². The number of amides is 1. The third-order valence-corrected chi connectivity index (χ3v) is 4.58. The maximum absolute atomic E-state index is 12.1. The van der Waals surface area contributed by atoms with Gasteiger partial charge in [-0.2, -0.15) is 5.10 Å². The van der Waals surface area contributed by atoms with E-state index < -0.39 is 0 Å². The number of hydrogen-bond acceptors (Lipinski definition) is 5. The number of aromatic amines is 1. The van der Waals surface area contributed by atoms with Crippen LogP contribution in [0.3, 0.4) is 0 Å². The molecule has 0 aromatic carbocycles. The number of nitrogens with one attached hydrogen (secondary N) is 1. The van der Waals surface area contributed by atoms with Gasteiger partial charge in [-0.25, -0.2) is 4.79 Å². The normalized spacial score (nSPS) is 35.1. The summed E-state index contributed by atoms with van der Waals surface area (Å²) in [6, 6.07) is 2.30. The van der Waals surface area contributed by atoms with E-state index in [1.54, 1.807) is 0 Å². The molecule has 1 aromatic heterocycles. The second kappa shape index (κ2) is 4.37. The largest absolute Gasteiger partial charge is 0.446 e. The molecule has 4 rings (SSSR count). The maximum Gasteiger partial charge on any atom is 0.410 e. The van der Waals surface area contributed by atoms with E-state index in [2.05, 4.69) is 10.2 Å². The summed E-state index contributed by atoms with van der Waals surface area (Å²) in [5, 5.41) is 6.83. The second-order valence-corrected chi connectivity index (χ2v) is 5.91. The van der Waals surface area contributed by atoms with Crippen molar-refractivity contribution in [3.05, 3.63) is 11.8 Å². The number of carbonyl (C=O) groups is 1. The summed E-state index contributed by atoms with van der Waals surface area (Å²) >= 11 is 0. The van der Waals surface area contributed by atoms with Gasteiger partial charge in [-0.05, 0) is 19.3 Å². The lowest BCUT2D eigenvalue weighted by Gasteiger charge is -2.51. The summed E-state index contributed by atoms with van der Waals surface area (Å²) in [6.45, 7) is 1.29. The van der Waals surface area contributed by atoms with E-state index in [1.165, 1.54) is 0 Å². The Kier molecular flexibility index (Phi) is 2.63. The number of ether oxygens (including phenoxy) is 2. The zero-order chi connectivity index (χ0) is 13.7. The fraction of sp³-hybridized carbons (Fsp3) is 0.692. The number of H-pyrrole nitrogens is 1. The number of carbonyl (C=O) groups excluding carboxylic acids is 1. The van der Waals surface area contributed by atoms with Crippen LogP contribution in [-0.4, -0.2) is 52.6 Å². The molecule has 7 nitrogen and oxygen atoms in total. The first-order valence-corrected chi connectivity index (χ1v) is 7.08. The summed E-state index contributed by atoms with van der Waals surface area (Å²) in [6.07, 6.45) is 2.57. The molecule has 3 N–H and O–H groups in total. The molecule has 2 bridgehead atoms. The van der Waals surface area contributed by atoms with Crippen LogP contribution in [0.25, 0.3) is 0 Å². The number of rotatable bonds is 2. The monoisotopic (exact) mass is 278 g/mol. The van der Waals surface area contributed by atoms with Crippen LogP contribution < -0.4 is 5.73 Å². The van der Waals surface area contributed by atoms with Crippen molar-refractivity contribution in [2.24, 2.45) is 0 Å². The highest BCUT2D eigenvalue weighted by molar-refractivity contribution is 5.70. The summed E-state index contributed by atoms with van der Waals surface area (Å²) in [7, 11) is 0. The molecule has 3 aliphatic rings. The van der Waals surface area contributed by atoms with Gasteiger partial charge in [0.05, 0.1) is 25.3 Å². The molecule has 3 fully saturated rings. The van der Waals surface area contributed by atoms with Gasteiger partial charge in [-0.1, -0.05) is 0 Å². The van der Waals surface area contributed by atoms with Gasteiger partial charge in [0.15, 0.2) is 0 Å². The molecular formula is C13H18N4O3. The van der Waals surface area contributed by atoms with E-state index in [9.17, 15) is 4.79 Å². The van der Waals surface area contributed by atoms with E-state index in [4.69, 9.17) is 15.2 Å². The third-order valence-electron chi connectivity index (χ3n) is 4.58. The fourth-order valence-electron chi connectivity index (χ4n) is 3.32. The molecule has 2 saturated heterocycles. The minimum absolute atomic E-state index is 0.0132. The van der Waals surface area contributed by atoms with Crippen molar-refractivity contribution in [3.8, 4) is 0 Å². The molecule has 2 aliphatic heterocycles. The lowest BCUT2D eigenvalue weighted by Crippen LogP contribution is -2.66. The average molecular weight is 278 g/mol. The molecule has 108 valence electrons. The Hall–Kier alpha value is -1.76. The topological polar surface area (TPSA) is 93.5 Å². The number of aromatic nitrogens is 2. The van der Waals surface area contributed by atoms with E-state index in [1.807, 2.05) is 11.0 Å². The van der Waals surface area contributed by atoms with Crippen molar-refractivity contribution in [1.29, 1.82) is 0 Å². The standard InChI is InChI=1S/C13H18N4O3/c14-12-4-11(15-16-12)7-1-10(2-7)20-13(18)17-8-3-9(17)6-19-5-8/h4,7-10H,1-3,5-6H2,(H3,14,15,16)/t7?,8-,9-,10?/m0/s1. The third kappa shape index (κ3) is 1.84. The van der Waals surface area contributed by atoms with E-state index >= 15 is 0 Å². The Bertz CT molecular complexity index is 511. The van der Waals surface area contributed by atoms with Gasteiger partial charge in [-0.15, -0.1) is 0 Å². The van der Waals surface area contributed by atoms with Gasteiger partial charge >= 0.3 is 6.09 Å². The highest BCUT2D eigenvalue weighted by Crippen LogP contribution is 2.39. The number of nitrogens with two attached hydrogens (primary N) is 1. The van der Waals surface area contributed by atoms with Crippen molar-refractivity contribution in [2.45, 2.75) is 43.4 Å². The van der Waals surface area contributed by atoms with Gasteiger partial charge in [0, 0.05) is 17.7 Å². The molecule has 2 atom stereocenters. The predicted octanol–water partition coefficient (Wildman–Crippen LogP) is 0.848. The average Bonchev–Trinajstić information content (AvgIpc) is 2.80. The van der Waals surface area contributed by atoms with Crippen molar-refractivity contribution >= 4 is 11.9 Å². The fourth-order valence-corrected chi connectivity index (χ4v) is 3.32. The van der Waals surface area contributed by atoms with Crippen LogP contribution in [0.15, 0.2) is 6.07 Å². The summed E-state index contributed by atoms with van der Waals surface area (Å²) in [5.41, 5.74) is 6.61. The van der Waals surface area contributed by atoms with E-state index in [0.717, 1.165) is 25.0 Å². The number of fused-ring (bicyclic) bond motifs is 2. The Morgan fingerprint density at radius 3 is 2.75 bits per heavy atom. The van der Waals surface area contributed by atoms with E-state index in [-0.39, 0.29) is 24.3 Å². The Labute approximate surface area is 116 Å². The van der Waals surface area contributed by atoms with Crippen molar-refractivity contribution < 1.29 is 14.3 Å². The first-order chi connectivity index (χ1) is 9.70. The number of anilines is 1. The number of hydrogen-bond donors (Lipinski definition) is 2. The van der Waals surface area contributed by atoms with Crippen LogP contribution in [-0.2, 0) is 9.47 Å². The van der Waals surface area contributed by atoms with Gasteiger partial charge < -0.3 is 15.2 Å². The lowest BCUT2D eigenvalue weighted by molar-refractivity contribution is -0.121. The second-order valence-electron chi connectivity index (χ2n) is 5.91. The smallest absolute Gasteiger partial charge is 0.410 e. The van der Waals surface area contributed by atoms with Crippen molar-refractivity contribution in [1.82, 2.24) is 15.1 Å².